The molecule has 0 bridgehead atoms. The molecule has 0 radical (unpaired) electrons. The summed E-state index contributed by atoms with van der Waals surface area (Å²) in [7, 11) is 1.95. The second-order valence-electron chi connectivity index (χ2n) is 8.46. The number of carbonyl (C=O) groups is 1. The van der Waals surface area contributed by atoms with Crippen LogP contribution in [0.3, 0.4) is 0 Å². The van der Waals surface area contributed by atoms with Crippen LogP contribution in [-0.2, 0) is 28.9 Å². The van der Waals surface area contributed by atoms with Gasteiger partial charge in [0.2, 0.25) is 0 Å². The van der Waals surface area contributed by atoms with Crippen LogP contribution < -0.4 is 5.32 Å². The molecule has 0 saturated heterocycles. The average Bonchev–Trinajstić information content (AvgIpc) is 3.12. The van der Waals surface area contributed by atoms with Crippen molar-refractivity contribution in [2.75, 3.05) is 19.0 Å². The summed E-state index contributed by atoms with van der Waals surface area (Å²) in [4.78, 5) is 11.6. The lowest BCUT2D eigenvalue weighted by Crippen LogP contribution is -2.09. The summed E-state index contributed by atoms with van der Waals surface area (Å²) in [6.07, 6.45) is 8.53. The molecule has 1 aliphatic rings. The number of rotatable bonds is 9. The number of hydrogen-bond donors (Lipinski definition) is 1. The highest BCUT2D eigenvalue weighted by Crippen LogP contribution is 2.35. The third kappa shape index (κ3) is 4.79. The molecular weight excluding hydrogens is 384 g/mol. The van der Waals surface area contributed by atoms with E-state index in [2.05, 4.69) is 52.3 Å². The van der Waals surface area contributed by atoms with Gasteiger partial charge in [-0.05, 0) is 86.4 Å². The van der Waals surface area contributed by atoms with Crippen LogP contribution in [0, 0.1) is 0 Å². The number of ether oxygens (including phenoxy) is 1. The van der Waals surface area contributed by atoms with Gasteiger partial charge in [-0.3, -0.25) is 4.79 Å². The van der Waals surface area contributed by atoms with Crippen molar-refractivity contribution in [3.8, 4) is 11.1 Å². The van der Waals surface area contributed by atoms with E-state index in [9.17, 15) is 4.79 Å². The number of nitrogens with zero attached hydrogens (tertiary/aromatic N) is 1. The highest BCUT2D eigenvalue weighted by molar-refractivity contribution is 5.90. The van der Waals surface area contributed by atoms with E-state index in [0.29, 0.717) is 13.0 Å². The minimum Gasteiger partial charge on any atom is -0.466 e. The first-order chi connectivity index (χ1) is 15.2. The molecular formula is C27H34N2O2. The Morgan fingerprint density at radius 2 is 1.77 bits per heavy atom. The zero-order valence-corrected chi connectivity index (χ0v) is 18.9. The van der Waals surface area contributed by atoms with E-state index in [4.69, 9.17) is 4.74 Å². The van der Waals surface area contributed by atoms with Crippen LogP contribution in [0.4, 0.5) is 5.69 Å². The zero-order valence-electron chi connectivity index (χ0n) is 18.9. The summed E-state index contributed by atoms with van der Waals surface area (Å²) in [6.45, 7) is 3.37. The normalized spacial score (nSPS) is 13.2. The number of carbonyl (C=O) groups excluding carboxylic acids is 1. The molecule has 3 aromatic rings. The second-order valence-corrected chi connectivity index (χ2v) is 8.46. The maximum atomic E-state index is 11.6. The van der Waals surface area contributed by atoms with Crippen LogP contribution in [0.2, 0.25) is 0 Å². The highest BCUT2D eigenvalue weighted by atomic mass is 16.5. The molecule has 0 saturated carbocycles. The summed E-state index contributed by atoms with van der Waals surface area (Å²) in [5.74, 6) is -0.0680. The van der Waals surface area contributed by atoms with E-state index in [-0.39, 0.29) is 5.97 Å². The van der Waals surface area contributed by atoms with Crippen LogP contribution in [0.15, 0.2) is 42.5 Å². The van der Waals surface area contributed by atoms with Gasteiger partial charge in [-0.2, -0.15) is 0 Å². The Kier molecular flexibility index (Phi) is 6.96. The molecule has 0 amide bonds. The van der Waals surface area contributed by atoms with Gasteiger partial charge in [0.1, 0.15) is 0 Å². The molecule has 4 rings (SSSR count). The van der Waals surface area contributed by atoms with Crippen molar-refractivity contribution in [1.82, 2.24) is 4.57 Å². The number of esters is 1. The van der Waals surface area contributed by atoms with E-state index in [1.54, 1.807) is 5.56 Å². The van der Waals surface area contributed by atoms with Crippen molar-refractivity contribution >= 4 is 22.6 Å². The summed E-state index contributed by atoms with van der Waals surface area (Å²) < 4.78 is 7.60. The van der Waals surface area contributed by atoms with Crippen LogP contribution in [0.1, 0.15) is 56.7 Å². The molecule has 1 heterocycles. The first-order valence-corrected chi connectivity index (χ1v) is 11.8. The number of anilines is 1. The van der Waals surface area contributed by atoms with Crippen molar-refractivity contribution in [2.45, 2.75) is 64.8 Å². The van der Waals surface area contributed by atoms with Crippen LogP contribution in [0.5, 0.6) is 0 Å². The van der Waals surface area contributed by atoms with Crippen molar-refractivity contribution < 1.29 is 9.53 Å². The monoisotopic (exact) mass is 418 g/mol. The van der Waals surface area contributed by atoms with Gasteiger partial charge in [-0.15, -0.1) is 0 Å². The molecule has 4 heteroatoms. The number of fused-ring (bicyclic) bond motifs is 3. The zero-order chi connectivity index (χ0) is 21.6. The van der Waals surface area contributed by atoms with Crippen molar-refractivity contribution in [1.29, 1.82) is 0 Å². The topological polar surface area (TPSA) is 43.3 Å². The average molecular weight is 419 g/mol. The molecule has 0 fully saturated rings. The quantitative estimate of drug-likeness (QED) is 0.325. The van der Waals surface area contributed by atoms with Crippen molar-refractivity contribution in [3.63, 3.8) is 0 Å². The number of nitrogens with one attached hydrogen (secondary N) is 1. The molecule has 1 aliphatic carbocycles. The molecule has 31 heavy (non-hydrogen) atoms. The predicted octanol–water partition coefficient (Wildman–Crippen LogP) is 6.35. The van der Waals surface area contributed by atoms with Gasteiger partial charge < -0.3 is 14.6 Å². The van der Waals surface area contributed by atoms with Gasteiger partial charge >= 0.3 is 5.97 Å². The SMILES string of the molecule is CCOC(=O)CCCCCn1c2c(c3cc(-c4ccc(NC)cc4)ccc31)CCCC2. The van der Waals surface area contributed by atoms with Crippen LogP contribution in [0.25, 0.3) is 22.0 Å². The fourth-order valence-corrected chi connectivity index (χ4v) is 4.85. The molecule has 0 spiro atoms. The Bertz CT molecular complexity index is 1030. The molecule has 4 nitrogen and oxygen atoms in total. The molecule has 1 N–H and O–H groups in total. The third-order valence-electron chi connectivity index (χ3n) is 6.45. The van der Waals surface area contributed by atoms with Crippen LogP contribution >= 0.6 is 0 Å². The largest absolute Gasteiger partial charge is 0.466 e. The first kappa shape index (κ1) is 21.5. The third-order valence-corrected chi connectivity index (χ3v) is 6.45. The Hall–Kier alpha value is -2.75. The van der Waals surface area contributed by atoms with E-state index in [1.165, 1.54) is 53.4 Å². The fourth-order valence-electron chi connectivity index (χ4n) is 4.85. The maximum Gasteiger partial charge on any atom is 0.305 e. The maximum absolute atomic E-state index is 11.6. The summed E-state index contributed by atoms with van der Waals surface area (Å²) in [6, 6.07) is 15.6. The Morgan fingerprint density at radius 3 is 2.55 bits per heavy atom. The summed E-state index contributed by atoms with van der Waals surface area (Å²) in [5, 5.41) is 4.62. The lowest BCUT2D eigenvalue weighted by molar-refractivity contribution is -0.143. The number of unbranched alkanes of at least 4 members (excludes halogenated alkanes) is 2. The smallest absolute Gasteiger partial charge is 0.305 e. The lowest BCUT2D eigenvalue weighted by atomic mass is 9.94. The molecule has 1 aromatic heterocycles. The first-order valence-electron chi connectivity index (χ1n) is 11.8. The van der Waals surface area contributed by atoms with E-state index in [0.717, 1.165) is 31.5 Å². The van der Waals surface area contributed by atoms with E-state index in [1.807, 2.05) is 14.0 Å². The Morgan fingerprint density at radius 1 is 1.00 bits per heavy atom. The number of aryl methyl sites for hydroxylation is 2. The highest BCUT2D eigenvalue weighted by Gasteiger charge is 2.20. The van der Waals surface area contributed by atoms with Gasteiger partial charge in [0, 0.05) is 42.3 Å². The lowest BCUT2D eigenvalue weighted by Gasteiger charge is -2.16. The van der Waals surface area contributed by atoms with Crippen LogP contribution in [-0.4, -0.2) is 24.2 Å². The number of benzene rings is 2. The second kappa shape index (κ2) is 10.0. The minimum absolute atomic E-state index is 0.0680. The Balaban J connectivity index is 1.54. The standard InChI is InChI=1S/C27H34N2O2/c1-3-31-27(30)11-5-4-8-18-29-25-10-7-6-9-23(25)24-19-21(14-17-26(24)29)20-12-15-22(28-2)16-13-20/h12-17,19,28H,3-11,18H2,1-2H3. The number of aromatic nitrogens is 1. The molecule has 0 unspecified atom stereocenters. The van der Waals surface area contributed by atoms with Gasteiger partial charge in [-0.1, -0.05) is 24.6 Å². The minimum atomic E-state index is -0.0680. The van der Waals surface area contributed by atoms with E-state index >= 15 is 0 Å². The van der Waals surface area contributed by atoms with Gasteiger partial charge in [0.05, 0.1) is 6.61 Å². The van der Waals surface area contributed by atoms with Gasteiger partial charge in [-0.25, -0.2) is 0 Å². The van der Waals surface area contributed by atoms with E-state index < -0.39 is 0 Å². The van der Waals surface area contributed by atoms with Crippen molar-refractivity contribution in [2.24, 2.45) is 0 Å². The summed E-state index contributed by atoms with van der Waals surface area (Å²) >= 11 is 0. The summed E-state index contributed by atoms with van der Waals surface area (Å²) in [5.41, 5.74) is 8.15. The predicted molar refractivity (Wildman–Crippen MR) is 129 cm³/mol. The number of hydrogen-bond acceptors (Lipinski definition) is 3. The molecule has 164 valence electrons. The molecule has 0 aliphatic heterocycles. The Labute approximate surface area is 185 Å². The van der Waals surface area contributed by atoms with Gasteiger partial charge in [0.25, 0.3) is 0 Å². The molecule has 2 aromatic carbocycles. The fraction of sp³-hybridized carbons (Fsp3) is 0.444. The van der Waals surface area contributed by atoms with Gasteiger partial charge in [0.15, 0.2) is 0 Å². The van der Waals surface area contributed by atoms with Crippen molar-refractivity contribution in [3.05, 3.63) is 53.7 Å². The molecule has 0 atom stereocenters.